The summed E-state index contributed by atoms with van der Waals surface area (Å²) >= 11 is 11.3. The third-order valence-corrected chi connectivity index (χ3v) is 3.85. The molecule has 2 aromatic rings. The average molecular weight is 375 g/mol. The normalized spacial score (nSPS) is 10.9. The van der Waals surface area contributed by atoms with E-state index >= 15 is 0 Å². The Labute approximate surface area is 141 Å². The summed E-state index contributed by atoms with van der Waals surface area (Å²) in [5, 5.41) is 0.755. The molecule has 0 amide bonds. The second-order valence-electron chi connectivity index (χ2n) is 4.24. The van der Waals surface area contributed by atoms with E-state index in [9.17, 15) is 19.0 Å². The molecule has 120 valence electrons. The van der Waals surface area contributed by atoms with Gasteiger partial charge in [0.15, 0.2) is 0 Å². The molecular weight excluding hydrogens is 366 g/mol. The summed E-state index contributed by atoms with van der Waals surface area (Å²) in [6, 6.07) is 10.8. The lowest BCUT2D eigenvalue weighted by Gasteiger charge is -2.11. The van der Waals surface area contributed by atoms with Crippen molar-refractivity contribution < 1.29 is 28.1 Å². The van der Waals surface area contributed by atoms with Crippen molar-refractivity contribution in [2.75, 3.05) is 0 Å². The molecule has 2 rings (SSSR count). The first-order valence-corrected chi connectivity index (χ1v) is 8.34. The van der Waals surface area contributed by atoms with Gasteiger partial charge >= 0.3 is 19.8 Å². The van der Waals surface area contributed by atoms with E-state index in [1.807, 2.05) is 0 Å². The summed E-state index contributed by atoms with van der Waals surface area (Å²) in [5.41, 5.74) is -0.0440. The predicted molar refractivity (Wildman–Crippen MR) is 83.6 cm³/mol. The van der Waals surface area contributed by atoms with Crippen molar-refractivity contribution >= 4 is 43.0 Å². The lowest BCUT2D eigenvalue weighted by Crippen LogP contribution is -2.09. The average Bonchev–Trinajstić information content (AvgIpc) is 2.47. The number of phosphoric acid groups is 1. The van der Waals surface area contributed by atoms with Crippen molar-refractivity contribution in [2.45, 2.75) is 0 Å². The molecule has 0 aliphatic rings. The standard InChI is InChI=1S/C14H9Cl2O6P/c15-11-5-1-9(2-6-11)13(17)21-23(19,20)22-14(18)10-3-7-12(16)8-4-10/h1-8H,(H,19,20). The van der Waals surface area contributed by atoms with E-state index in [1.54, 1.807) is 0 Å². The van der Waals surface area contributed by atoms with Gasteiger partial charge in [0.25, 0.3) is 0 Å². The smallest absolute Gasteiger partial charge is 0.357 e. The lowest BCUT2D eigenvalue weighted by atomic mass is 10.2. The molecule has 0 aliphatic carbocycles. The summed E-state index contributed by atoms with van der Waals surface area (Å²) in [6.07, 6.45) is 0. The van der Waals surface area contributed by atoms with E-state index in [4.69, 9.17) is 23.2 Å². The number of phosphoric ester groups is 1. The minimum Gasteiger partial charge on any atom is -0.357 e. The molecule has 0 saturated heterocycles. The van der Waals surface area contributed by atoms with Gasteiger partial charge in [-0.25, -0.2) is 14.2 Å². The van der Waals surface area contributed by atoms with E-state index in [0.717, 1.165) is 0 Å². The SMILES string of the molecule is O=C(OP(=O)(O)OC(=O)c1ccc(Cl)cc1)c1ccc(Cl)cc1. The molecule has 0 aliphatic heterocycles. The first-order chi connectivity index (χ1) is 10.8. The van der Waals surface area contributed by atoms with Crippen LogP contribution in [0.1, 0.15) is 20.7 Å². The van der Waals surface area contributed by atoms with Gasteiger partial charge in [-0.05, 0) is 48.5 Å². The van der Waals surface area contributed by atoms with Crippen molar-refractivity contribution in [1.82, 2.24) is 0 Å². The maximum atomic E-state index is 11.7. The molecule has 6 nitrogen and oxygen atoms in total. The Morgan fingerprint density at radius 3 is 1.39 bits per heavy atom. The summed E-state index contributed by atoms with van der Waals surface area (Å²) in [7, 11) is -4.92. The largest absolute Gasteiger partial charge is 0.589 e. The molecule has 23 heavy (non-hydrogen) atoms. The van der Waals surface area contributed by atoms with Crippen LogP contribution in [0.3, 0.4) is 0 Å². The van der Waals surface area contributed by atoms with Gasteiger partial charge in [-0.3, -0.25) is 4.89 Å². The Hall–Kier alpha value is -1.85. The molecular formula is C14H9Cl2O6P. The molecule has 1 N–H and O–H groups in total. The fourth-order valence-electron chi connectivity index (χ4n) is 1.51. The molecule has 2 aromatic carbocycles. The number of hydrogen-bond acceptors (Lipinski definition) is 5. The quantitative estimate of drug-likeness (QED) is 0.809. The van der Waals surface area contributed by atoms with Crippen LogP contribution in [0.15, 0.2) is 48.5 Å². The minimum absolute atomic E-state index is 0.0220. The highest BCUT2D eigenvalue weighted by Crippen LogP contribution is 2.44. The van der Waals surface area contributed by atoms with E-state index in [0.29, 0.717) is 10.0 Å². The molecule has 0 bridgehead atoms. The van der Waals surface area contributed by atoms with Gasteiger partial charge in [-0.15, -0.1) is 0 Å². The van der Waals surface area contributed by atoms with Crippen molar-refractivity contribution in [3.05, 3.63) is 69.7 Å². The van der Waals surface area contributed by atoms with Crippen LogP contribution in [-0.4, -0.2) is 16.8 Å². The molecule has 0 heterocycles. The van der Waals surface area contributed by atoms with Gasteiger partial charge < -0.3 is 9.05 Å². The third-order valence-electron chi connectivity index (χ3n) is 2.56. The number of benzene rings is 2. The summed E-state index contributed by atoms with van der Waals surface area (Å²) < 4.78 is 20.4. The third kappa shape index (κ3) is 5.08. The zero-order valence-corrected chi connectivity index (χ0v) is 13.7. The number of hydrogen-bond donors (Lipinski definition) is 1. The monoisotopic (exact) mass is 374 g/mol. The first kappa shape index (κ1) is 17.5. The lowest BCUT2D eigenvalue weighted by molar-refractivity contribution is 0.0566. The fraction of sp³-hybridized carbons (Fsp3) is 0. The van der Waals surface area contributed by atoms with Crippen molar-refractivity contribution in [1.29, 1.82) is 0 Å². The second kappa shape index (κ2) is 7.15. The topological polar surface area (TPSA) is 89.9 Å². The zero-order chi connectivity index (χ0) is 17.0. The highest BCUT2D eigenvalue weighted by molar-refractivity contribution is 7.48. The Morgan fingerprint density at radius 2 is 1.09 bits per heavy atom. The highest BCUT2D eigenvalue weighted by Gasteiger charge is 2.31. The van der Waals surface area contributed by atoms with Crippen LogP contribution in [0.2, 0.25) is 10.0 Å². The van der Waals surface area contributed by atoms with Crippen molar-refractivity contribution in [2.24, 2.45) is 0 Å². The molecule has 0 spiro atoms. The van der Waals surface area contributed by atoms with Gasteiger partial charge in [0.05, 0.1) is 11.1 Å². The summed E-state index contributed by atoms with van der Waals surface area (Å²) in [5.74, 6) is -2.26. The van der Waals surface area contributed by atoms with E-state index in [2.05, 4.69) is 9.05 Å². The van der Waals surface area contributed by atoms with Crippen LogP contribution >= 0.6 is 31.0 Å². The molecule has 0 unspecified atom stereocenters. The van der Waals surface area contributed by atoms with E-state index < -0.39 is 19.8 Å². The number of rotatable bonds is 4. The van der Waals surface area contributed by atoms with Crippen molar-refractivity contribution in [3.8, 4) is 0 Å². The Morgan fingerprint density at radius 1 is 0.783 bits per heavy atom. The number of carbonyl (C=O) groups is 2. The Kier molecular flexibility index (Phi) is 5.44. The van der Waals surface area contributed by atoms with Gasteiger partial charge in [0.1, 0.15) is 0 Å². The molecule has 0 fully saturated rings. The maximum Gasteiger partial charge on any atom is 0.589 e. The minimum atomic E-state index is -4.92. The number of carbonyl (C=O) groups excluding carboxylic acids is 2. The molecule has 0 aromatic heterocycles. The first-order valence-electron chi connectivity index (χ1n) is 6.08. The van der Waals surface area contributed by atoms with Crippen LogP contribution in [-0.2, 0) is 13.6 Å². The van der Waals surface area contributed by atoms with Gasteiger partial charge in [0.2, 0.25) is 0 Å². The predicted octanol–water partition coefficient (Wildman–Crippen LogP) is 4.11. The maximum absolute atomic E-state index is 11.7. The van der Waals surface area contributed by atoms with Gasteiger partial charge in [0, 0.05) is 10.0 Å². The van der Waals surface area contributed by atoms with Crippen molar-refractivity contribution in [3.63, 3.8) is 0 Å². The Balaban J connectivity index is 2.05. The van der Waals surface area contributed by atoms with Gasteiger partial charge in [-0.2, -0.15) is 0 Å². The second-order valence-corrected chi connectivity index (χ2v) is 6.41. The van der Waals surface area contributed by atoms with Crippen LogP contribution < -0.4 is 0 Å². The highest BCUT2D eigenvalue weighted by atomic mass is 35.5. The van der Waals surface area contributed by atoms with Crippen LogP contribution in [0.25, 0.3) is 0 Å². The van der Waals surface area contributed by atoms with Crippen LogP contribution in [0.4, 0.5) is 0 Å². The number of halogens is 2. The zero-order valence-electron chi connectivity index (χ0n) is 11.3. The molecule has 0 saturated carbocycles. The molecule has 0 radical (unpaired) electrons. The van der Waals surface area contributed by atoms with E-state index in [-0.39, 0.29) is 11.1 Å². The van der Waals surface area contributed by atoms with Crippen LogP contribution in [0.5, 0.6) is 0 Å². The fourth-order valence-corrected chi connectivity index (χ4v) is 2.42. The summed E-state index contributed by atoms with van der Waals surface area (Å²) in [4.78, 5) is 33.0. The Bertz CT molecular complexity index is 709. The molecule has 9 heteroatoms. The van der Waals surface area contributed by atoms with Crippen LogP contribution in [0, 0.1) is 0 Å². The molecule has 0 atom stereocenters. The van der Waals surface area contributed by atoms with Gasteiger partial charge in [-0.1, -0.05) is 23.2 Å². The van der Waals surface area contributed by atoms with E-state index in [1.165, 1.54) is 48.5 Å². The summed E-state index contributed by atoms with van der Waals surface area (Å²) in [6.45, 7) is 0.